The van der Waals surface area contributed by atoms with Crippen molar-refractivity contribution in [2.24, 2.45) is 0 Å². The summed E-state index contributed by atoms with van der Waals surface area (Å²) < 4.78 is 6.16. The summed E-state index contributed by atoms with van der Waals surface area (Å²) in [5.41, 5.74) is 16.0. The van der Waals surface area contributed by atoms with Crippen molar-refractivity contribution in [1.82, 2.24) is 44.9 Å². The van der Waals surface area contributed by atoms with E-state index in [4.69, 9.17) is 20.9 Å². The van der Waals surface area contributed by atoms with Crippen molar-refractivity contribution in [3.05, 3.63) is 54.4 Å². The maximum atomic E-state index is 6.16. The zero-order valence-corrected chi connectivity index (χ0v) is 19.6. The molecule has 0 aliphatic carbocycles. The zero-order valence-electron chi connectivity index (χ0n) is 18.0. The number of hydrogen-bond acceptors (Lipinski definition) is 12. The molecule has 6 rings (SSSR count). The number of rotatable bonds is 7. The second kappa shape index (κ2) is 8.88. The summed E-state index contributed by atoms with van der Waals surface area (Å²) in [7, 11) is 0. The van der Waals surface area contributed by atoms with Gasteiger partial charge < -0.3 is 25.9 Å². The molecule has 0 spiro atoms. The highest BCUT2D eigenvalue weighted by molar-refractivity contribution is 7.98. The Bertz CT molecular complexity index is 1540. The molecule has 0 fully saturated rings. The lowest BCUT2D eigenvalue weighted by Gasteiger charge is -2.03. The average Bonchev–Trinajstić information content (AvgIpc) is 3.62. The fraction of sp³-hybridized carbons (Fsp3) is 0.0952. The smallest absolute Gasteiger partial charge is 0.226 e. The Hall–Kier alpha value is -4.17. The van der Waals surface area contributed by atoms with Crippen LogP contribution in [-0.4, -0.2) is 44.9 Å². The molecule has 5 aromatic heterocycles. The number of oxazole rings is 1. The first-order valence-corrected chi connectivity index (χ1v) is 12.3. The van der Waals surface area contributed by atoms with E-state index in [9.17, 15) is 0 Å². The van der Waals surface area contributed by atoms with Gasteiger partial charge in [-0.05, 0) is 12.1 Å². The van der Waals surface area contributed by atoms with E-state index >= 15 is 0 Å². The molecule has 35 heavy (non-hydrogen) atoms. The monoisotopic (exact) mass is 503 g/mol. The standard InChI is InChI=1S/C21H17N11OS2/c22-15-13-17(26-8-24-13)31-20(29-15)34-6-11-12(33-19(28-11)10-4-2-1-3-5-10)7-35-21-30-16(23)14-18(32-21)27-9-25-14/h1-5,8-9H,6-7H2,(H3,22,24,26,29,31)(H3,23,25,27,30,32). The summed E-state index contributed by atoms with van der Waals surface area (Å²) in [6.07, 6.45) is 3.08. The largest absolute Gasteiger partial charge is 0.440 e. The molecule has 0 aliphatic rings. The molecular weight excluding hydrogens is 486 g/mol. The van der Waals surface area contributed by atoms with Crippen LogP contribution in [0.3, 0.4) is 0 Å². The number of aromatic nitrogens is 9. The van der Waals surface area contributed by atoms with Crippen LogP contribution in [0.1, 0.15) is 11.5 Å². The normalized spacial score (nSPS) is 11.5. The molecule has 0 amide bonds. The van der Waals surface area contributed by atoms with Gasteiger partial charge in [0.2, 0.25) is 5.89 Å². The van der Waals surface area contributed by atoms with Crippen molar-refractivity contribution in [3.63, 3.8) is 0 Å². The summed E-state index contributed by atoms with van der Waals surface area (Å²) in [6, 6.07) is 9.72. The topological polar surface area (TPSA) is 187 Å². The van der Waals surface area contributed by atoms with E-state index in [-0.39, 0.29) is 0 Å². The van der Waals surface area contributed by atoms with Gasteiger partial charge in [-0.15, -0.1) is 0 Å². The van der Waals surface area contributed by atoms with Crippen LogP contribution in [0.15, 0.2) is 57.7 Å². The maximum absolute atomic E-state index is 6.16. The van der Waals surface area contributed by atoms with Gasteiger partial charge in [0.1, 0.15) is 16.8 Å². The van der Waals surface area contributed by atoms with Crippen molar-refractivity contribution < 1.29 is 4.42 Å². The molecule has 0 saturated heterocycles. The van der Waals surface area contributed by atoms with E-state index in [2.05, 4.69) is 39.9 Å². The quantitative estimate of drug-likeness (QED) is 0.184. The molecule has 0 saturated carbocycles. The number of benzene rings is 1. The zero-order chi connectivity index (χ0) is 23.8. The molecule has 12 nitrogen and oxygen atoms in total. The number of imidazole rings is 2. The van der Waals surface area contributed by atoms with E-state index in [1.54, 1.807) is 6.33 Å². The minimum Gasteiger partial charge on any atom is -0.440 e. The molecule has 5 heterocycles. The number of nitrogens with zero attached hydrogens (tertiary/aromatic N) is 7. The Morgan fingerprint density at radius 3 is 1.97 bits per heavy atom. The Balaban J connectivity index is 1.27. The fourth-order valence-corrected chi connectivity index (χ4v) is 4.98. The number of fused-ring (bicyclic) bond motifs is 2. The summed E-state index contributed by atoms with van der Waals surface area (Å²) in [4.78, 5) is 36.6. The molecular formula is C21H17N11OS2. The van der Waals surface area contributed by atoms with Crippen LogP contribution in [-0.2, 0) is 11.5 Å². The predicted molar refractivity (Wildman–Crippen MR) is 133 cm³/mol. The van der Waals surface area contributed by atoms with Crippen molar-refractivity contribution >= 4 is 57.5 Å². The van der Waals surface area contributed by atoms with E-state index in [1.165, 1.54) is 29.9 Å². The van der Waals surface area contributed by atoms with Crippen LogP contribution in [0.5, 0.6) is 0 Å². The van der Waals surface area contributed by atoms with Crippen LogP contribution in [0, 0.1) is 0 Å². The predicted octanol–water partition coefficient (Wildman–Crippen LogP) is 3.42. The van der Waals surface area contributed by atoms with Gasteiger partial charge in [-0.3, -0.25) is 0 Å². The Morgan fingerprint density at radius 2 is 1.34 bits per heavy atom. The lowest BCUT2D eigenvalue weighted by Crippen LogP contribution is -1.98. The molecule has 14 heteroatoms. The molecule has 1 aromatic carbocycles. The summed E-state index contributed by atoms with van der Waals surface area (Å²) in [6.45, 7) is 0. The molecule has 174 valence electrons. The molecule has 0 aliphatic heterocycles. The van der Waals surface area contributed by atoms with Crippen LogP contribution >= 0.6 is 23.5 Å². The minimum absolute atomic E-state index is 0.344. The third-order valence-corrected chi connectivity index (χ3v) is 6.76. The Labute approximate surface area is 205 Å². The van der Waals surface area contributed by atoms with Gasteiger partial charge in [0.15, 0.2) is 33.2 Å². The first-order valence-electron chi connectivity index (χ1n) is 10.4. The summed E-state index contributed by atoms with van der Waals surface area (Å²) in [5.74, 6) is 2.84. The number of nitrogens with two attached hydrogens (primary N) is 2. The van der Waals surface area contributed by atoms with Gasteiger partial charge >= 0.3 is 0 Å². The molecule has 6 aromatic rings. The summed E-state index contributed by atoms with van der Waals surface area (Å²) in [5, 5.41) is 1.00. The van der Waals surface area contributed by atoms with E-state index < -0.39 is 0 Å². The van der Waals surface area contributed by atoms with E-state index in [0.717, 1.165) is 11.3 Å². The first-order chi connectivity index (χ1) is 17.1. The number of thioether (sulfide) groups is 2. The van der Waals surface area contributed by atoms with Crippen LogP contribution in [0.25, 0.3) is 33.8 Å². The highest BCUT2D eigenvalue weighted by Gasteiger charge is 2.18. The number of nitrogen functional groups attached to an aromatic ring is 2. The summed E-state index contributed by atoms with van der Waals surface area (Å²) >= 11 is 2.79. The van der Waals surface area contributed by atoms with Gasteiger partial charge in [-0.1, -0.05) is 41.7 Å². The van der Waals surface area contributed by atoms with Crippen LogP contribution in [0.4, 0.5) is 11.6 Å². The van der Waals surface area contributed by atoms with Gasteiger partial charge in [-0.25, -0.2) is 34.9 Å². The number of anilines is 2. The highest BCUT2D eigenvalue weighted by atomic mass is 32.2. The second-order valence-electron chi connectivity index (χ2n) is 7.32. The highest BCUT2D eigenvalue weighted by Crippen LogP contribution is 2.31. The lowest BCUT2D eigenvalue weighted by molar-refractivity contribution is 0.536. The first kappa shape index (κ1) is 21.4. The molecule has 0 atom stereocenters. The SMILES string of the molecule is Nc1nc(SCc2nc(-c3ccccc3)oc2CSc2nc(N)c3[nH]cnc3n2)nc2nc[nH]c12. The van der Waals surface area contributed by atoms with Gasteiger partial charge in [0.05, 0.1) is 24.1 Å². The second-order valence-corrected chi connectivity index (χ2v) is 9.20. The number of H-pyrrole nitrogens is 2. The fourth-order valence-electron chi connectivity index (χ4n) is 3.37. The third-order valence-electron chi connectivity index (χ3n) is 5.06. The molecule has 6 N–H and O–H groups in total. The van der Waals surface area contributed by atoms with Gasteiger partial charge in [0, 0.05) is 11.3 Å². The Kier molecular flexibility index (Phi) is 5.42. The number of aromatic amines is 2. The van der Waals surface area contributed by atoms with Crippen molar-refractivity contribution in [3.8, 4) is 11.5 Å². The number of hydrogen-bond donors (Lipinski definition) is 4. The van der Waals surface area contributed by atoms with E-state index in [1.807, 2.05) is 30.3 Å². The molecule has 0 radical (unpaired) electrons. The molecule has 0 unspecified atom stereocenters. The van der Waals surface area contributed by atoms with Gasteiger partial charge in [0.25, 0.3) is 0 Å². The minimum atomic E-state index is 0.344. The average molecular weight is 504 g/mol. The van der Waals surface area contributed by atoms with Crippen LogP contribution < -0.4 is 11.5 Å². The Morgan fingerprint density at radius 1 is 0.743 bits per heavy atom. The maximum Gasteiger partial charge on any atom is 0.226 e. The van der Waals surface area contributed by atoms with Crippen molar-refractivity contribution in [2.45, 2.75) is 21.8 Å². The van der Waals surface area contributed by atoms with Crippen molar-refractivity contribution in [1.29, 1.82) is 0 Å². The van der Waals surface area contributed by atoms with Crippen LogP contribution in [0.2, 0.25) is 0 Å². The number of nitrogens with one attached hydrogen (secondary N) is 2. The van der Waals surface area contributed by atoms with Gasteiger partial charge in [-0.2, -0.15) is 0 Å². The molecule has 0 bridgehead atoms. The lowest BCUT2D eigenvalue weighted by atomic mass is 10.2. The third kappa shape index (κ3) is 4.24. The van der Waals surface area contributed by atoms with Crippen molar-refractivity contribution in [2.75, 3.05) is 11.5 Å². The van der Waals surface area contributed by atoms with E-state index in [0.29, 0.717) is 67.4 Å².